The zero-order valence-electron chi connectivity index (χ0n) is 10.7. The summed E-state index contributed by atoms with van der Waals surface area (Å²) in [6, 6.07) is 3.74. The van der Waals surface area contributed by atoms with Crippen molar-refractivity contribution in [2.45, 2.75) is 26.3 Å². The number of carbonyl (C=O) groups is 2. The highest BCUT2D eigenvalue weighted by Gasteiger charge is 2.25. The predicted molar refractivity (Wildman–Crippen MR) is 72.5 cm³/mol. The molecule has 1 amide bonds. The standard InChI is InChI=1S/C13H15BrFNO3/c1-3-8(2)16(7-12(17)18)13(19)10-6-9(14)4-5-11(10)15/h4-6,8H,3,7H2,1-2H3,(H,17,18). The normalized spacial score (nSPS) is 12.0. The number of amides is 1. The summed E-state index contributed by atoms with van der Waals surface area (Å²) in [5.41, 5.74) is -0.129. The molecule has 0 saturated carbocycles. The fraction of sp³-hybridized carbons (Fsp3) is 0.385. The molecule has 1 rings (SSSR count). The second-order valence-electron chi connectivity index (χ2n) is 4.21. The van der Waals surface area contributed by atoms with Crippen molar-refractivity contribution in [2.75, 3.05) is 6.54 Å². The molecule has 1 aromatic rings. The van der Waals surface area contributed by atoms with Gasteiger partial charge in [-0.1, -0.05) is 22.9 Å². The van der Waals surface area contributed by atoms with Gasteiger partial charge in [0.05, 0.1) is 5.56 Å². The first-order valence-corrected chi connectivity index (χ1v) is 6.64. The number of benzene rings is 1. The van der Waals surface area contributed by atoms with E-state index in [1.165, 1.54) is 18.2 Å². The Labute approximate surface area is 119 Å². The van der Waals surface area contributed by atoms with E-state index in [2.05, 4.69) is 15.9 Å². The summed E-state index contributed by atoms with van der Waals surface area (Å²) in [6.07, 6.45) is 0.592. The van der Waals surface area contributed by atoms with Crippen LogP contribution in [0.5, 0.6) is 0 Å². The fourth-order valence-electron chi connectivity index (χ4n) is 1.61. The quantitative estimate of drug-likeness (QED) is 0.902. The molecular formula is C13H15BrFNO3. The Bertz CT molecular complexity index is 493. The molecule has 0 heterocycles. The van der Waals surface area contributed by atoms with Gasteiger partial charge in [-0.2, -0.15) is 0 Å². The lowest BCUT2D eigenvalue weighted by atomic mass is 10.1. The van der Waals surface area contributed by atoms with Gasteiger partial charge in [-0.3, -0.25) is 9.59 Å². The molecule has 0 spiro atoms. The first-order valence-electron chi connectivity index (χ1n) is 5.84. The fourth-order valence-corrected chi connectivity index (χ4v) is 1.97. The second kappa shape index (κ2) is 6.65. The second-order valence-corrected chi connectivity index (χ2v) is 5.12. The van der Waals surface area contributed by atoms with Gasteiger partial charge in [0, 0.05) is 10.5 Å². The molecule has 19 heavy (non-hydrogen) atoms. The predicted octanol–water partition coefficient (Wildman–Crippen LogP) is 2.91. The van der Waals surface area contributed by atoms with Crippen LogP contribution in [0.4, 0.5) is 4.39 Å². The van der Waals surface area contributed by atoms with Crippen LogP contribution in [0.15, 0.2) is 22.7 Å². The Morgan fingerprint density at radius 3 is 2.63 bits per heavy atom. The molecule has 0 radical (unpaired) electrons. The number of hydrogen-bond acceptors (Lipinski definition) is 2. The van der Waals surface area contributed by atoms with Gasteiger partial charge in [0.1, 0.15) is 12.4 Å². The van der Waals surface area contributed by atoms with Crippen molar-refractivity contribution >= 4 is 27.8 Å². The zero-order chi connectivity index (χ0) is 14.6. The molecule has 0 aliphatic rings. The molecule has 0 aromatic heterocycles. The van der Waals surface area contributed by atoms with E-state index in [1.54, 1.807) is 6.92 Å². The lowest BCUT2D eigenvalue weighted by Gasteiger charge is -2.27. The minimum absolute atomic E-state index is 0.129. The van der Waals surface area contributed by atoms with Crippen molar-refractivity contribution in [3.8, 4) is 0 Å². The summed E-state index contributed by atoms with van der Waals surface area (Å²) >= 11 is 3.16. The molecule has 1 N–H and O–H groups in total. The van der Waals surface area contributed by atoms with Crippen LogP contribution in [-0.2, 0) is 4.79 Å². The zero-order valence-corrected chi connectivity index (χ0v) is 12.3. The van der Waals surface area contributed by atoms with Crippen LogP contribution in [0.2, 0.25) is 0 Å². The third kappa shape index (κ3) is 4.02. The third-order valence-corrected chi connectivity index (χ3v) is 3.34. The molecular weight excluding hydrogens is 317 g/mol. The van der Waals surface area contributed by atoms with Crippen LogP contribution in [0.1, 0.15) is 30.6 Å². The number of carbonyl (C=O) groups excluding carboxylic acids is 1. The van der Waals surface area contributed by atoms with Crippen molar-refractivity contribution in [3.63, 3.8) is 0 Å². The van der Waals surface area contributed by atoms with Crippen molar-refractivity contribution in [3.05, 3.63) is 34.1 Å². The van der Waals surface area contributed by atoms with Gasteiger partial charge in [-0.15, -0.1) is 0 Å². The maximum atomic E-state index is 13.7. The van der Waals surface area contributed by atoms with E-state index in [-0.39, 0.29) is 11.6 Å². The van der Waals surface area contributed by atoms with Gasteiger partial charge in [-0.05, 0) is 31.5 Å². The average molecular weight is 332 g/mol. The smallest absolute Gasteiger partial charge is 0.323 e. The molecule has 0 aliphatic heterocycles. The number of aliphatic carboxylic acids is 1. The number of halogens is 2. The number of nitrogens with zero attached hydrogens (tertiary/aromatic N) is 1. The van der Waals surface area contributed by atoms with Crippen LogP contribution in [0, 0.1) is 5.82 Å². The van der Waals surface area contributed by atoms with Crippen LogP contribution in [0.3, 0.4) is 0 Å². The number of hydrogen-bond donors (Lipinski definition) is 1. The molecule has 4 nitrogen and oxygen atoms in total. The lowest BCUT2D eigenvalue weighted by Crippen LogP contribution is -2.42. The van der Waals surface area contributed by atoms with Crippen molar-refractivity contribution < 1.29 is 19.1 Å². The van der Waals surface area contributed by atoms with E-state index < -0.39 is 24.2 Å². The number of carboxylic acid groups (broad SMARTS) is 1. The summed E-state index contributed by atoms with van der Waals surface area (Å²) in [5.74, 6) is -2.40. The largest absolute Gasteiger partial charge is 0.480 e. The van der Waals surface area contributed by atoms with E-state index in [9.17, 15) is 14.0 Å². The minimum Gasteiger partial charge on any atom is -0.480 e. The molecule has 0 bridgehead atoms. The van der Waals surface area contributed by atoms with E-state index >= 15 is 0 Å². The Kier molecular flexibility index (Phi) is 5.47. The van der Waals surface area contributed by atoms with E-state index in [4.69, 9.17) is 5.11 Å². The molecule has 0 aliphatic carbocycles. The SMILES string of the molecule is CCC(C)N(CC(=O)O)C(=O)c1cc(Br)ccc1F. The lowest BCUT2D eigenvalue weighted by molar-refractivity contribution is -0.138. The van der Waals surface area contributed by atoms with Crippen molar-refractivity contribution in [1.29, 1.82) is 0 Å². The summed E-state index contributed by atoms with van der Waals surface area (Å²) in [5, 5.41) is 8.85. The summed E-state index contributed by atoms with van der Waals surface area (Å²) in [4.78, 5) is 24.2. The van der Waals surface area contributed by atoms with Crippen LogP contribution < -0.4 is 0 Å². The van der Waals surface area contributed by atoms with Gasteiger partial charge >= 0.3 is 5.97 Å². The van der Waals surface area contributed by atoms with Crippen LogP contribution in [0.25, 0.3) is 0 Å². The maximum absolute atomic E-state index is 13.7. The Morgan fingerprint density at radius 1 is 1.47 bits per heavy atom. The molecule has 1 unspecified atom stereocenters. The van der Waals surface area contributed by atoms with E-state index in [0.29, 0.717) is 10.9 Å². The molecule has 0 fully saturated rings. The number of rotatable bonds is 5. The van der Waals surface area contributed by atoms with Crippen molar-refractivity contribution in [1.82, 2.24) is 4.90 Å². The highest BCUT2D eigenvalue weighted by Crippen LogP contribution is 2.19. The van der Waals surface area contributed by atoms with E-state index in [1.807, 2.05) is 6.92 Å². The highest BCUT2D eigenvalue weighted by molar-refractivity contribution is 9.10. The Balaban J connectivity index is 3.11. The molecule has 1 aromatic carbocycles. The third-order valence-electron chi connectivity index (χ3n) is 2.85. The first-order chi connectivity index (χ1) is 8.86. The molecule has 0 saturated heterocycles. The molecule has 1 atom stereocenters. The maximum Gasteiger partial charge on any atom is 0.323 e. The monoisotopic (exact) mass is 331 g/mol. The van der Waals surface area contributed by atoms with Crippen LogP contribution in [-0.4, -0.2) is 34.5 Å². The first kappa shape index (κ1) is 15.6. The minimum atomic E-state index is -1.12. The summed E-state index contributed by atoms with van der Waals surface area (Å²) in [6.45, 7) is 3.13. The summed E-state index contributed by atoms with van der Waals surface area (Å²) in [7, 11) is 0. The average Bonchev–Trinajstić information content (AvgIpc) is 2.37. The van der Waals surface area contributed by atoms with Gasteiger partial charge in [0.15, 0.2) is 0 Å². The van der Waals surface area contributed by atoms with Gasteiger partial charge < -0.3 is 10.0 Å². The molecule has 6 heteroatoms. The topological polar surface area (TPSA) is 57.6 Å². The van der Waals surface area contributed by atoms with Crippen molar-refractivity contribution in [2.24, 2.45) is 0 Å². The Morgan fingerprint density at radius 2 is 2.11 bits per heavy atom. The van der Waals surface area contributed by atoms with Gasteiger partial charge in [0.25, 0.3) is 5.91 Å². The van der Waals surface area contributed by atoms with Gasteiger partial charge in [-0.25, -0.2) is 4.39 Å². The highest BCUT2D eigenvalue weighted by atomic mass is 79.9. The Hall–Kier alpha value is -1.43. The van der Waals surface area contributed by atoms with Gasteiger partial charge in [0.2, 0.25) is 0 Å². The van der Waals surface area contributed by atoms with E-state index in [0.717, 1.165) is 4.90 Å². The molecule has 104 valence electrons. The number of carboxylic acids is 1. The van der Waals surface area contributed by atoms with Crippen LogP contribution >= 0.6 is 15.9 Å². The summed E-state index contributed by atoms with van der Waals surface area (Å²) < 4.78 is 14.2.